The van der Waals surface area contributed by atoms with Crippen LogP contribution in [0.1, 0.15) is 13.3 Å². The first-order valence-electron chi connectivity index (χ1n) is 12.8. The van der Waals surface area contributed by atoms with E-state index in [-0.39, 0.29) is 29.3 Å². The van der Waals surface area contributed by atoms with E-state index >= 15 is 0 Å². The Kier molecular flexibility index (Phi) is 7.42. The maximum absolute atomic E-state index is 13.6. The SMILES string of the molecule is CC(=O)NC1CCN(c2ccc(S(=O)(=O)N(C)CC(=O)N3CCOCC3)cc2-c2cc3ccccc3[nH]2)C1. The van der Waals surface area contributed by atoms with Crippen molar-refractivity contribution < 1.29 is 22.7 Å². The molecule has 10 nitrogen and oxygen atoms in total. The van der Waals surface area contributed by atoms with Gasteiger partial charge in [0.2, 0.25) is 21.8 Å². The minimum absolute atomic E-state index is 0.0313. The largest absolute Gasteiger partial charge is 0.378 e. The lowest BCUT2D eigenvalue weighted by Gasteiger charge is -2.28. The summed E-state index contributed by atoms with van der Waals surface area (Å²) in [6.07, 6.45) is 0.804. The van der Waals surface area contributed by atoms with E-state index in [0.717, 1.165) is 45.1 Å². The predicted octanol–water partition coefficient (Wildman–Crippen LogP) is 2.03. The van der Waals surface area contributed by atoms with Crippen molar-refractivity contribution in [3.8, 4) is 11.3 Å². The molecule has 2 fully saturated rings. The van der Waals surface area contributed by atoms with Crippen LogP contribution in [0.25, 0.3) is 22.2 Å². The number of fused-ring (bicyclic) bond motifs is 1. The number of aromatic nitrogens is 1. The number of para-hydroxylation sites is 1. The lowest BCUT2D eigenvalue weighted by atomic mass is 10.1. The van der Waals surface area contributed by atoms with Gasteiger partial charge in [0.15, 0.2) is 0 Å². The smallest absolute Gasteiger partial charge is 0.243 e. The molecular formula is C27H33N5O5S. The van der Waals surface area contributed by atoms with Gasteiger partial charge in [0.1, 0.15) is 0 Å². The maximum Gasteiger partial charge on any atom is 0.243 e. The lowest BCUT2D eigenvalue weighted by molar-refractivity contribution is -0.135. The number of nitrogens with zero attached hydrogens (tertiary/aromatic N) is 3. The van der Waals surface area contributed by atoms with E-state index in [9.17, 15) is 18.0 Å². The molecule has 0 aliphatic carbocycles. The summed E-state index contributed by atoms with van der Waals surface area (Å²) in [6.45, 7) is 4.47. The van der Waals surface area contributed by atoms with E-state index in [0.29, 0.717) is 32.8 Å². The van der Waals surface area contributed by atoms with Crippen LogP contribution in [0.15, 0.2) is 53.4 Å². The first kappa shape index (κ1) is 26.2. The summed E-state index contributed by atoms with van der Waals surface area (Å²) < 4.78 is 33.5. The van der Waals surface area contributed by atoms with Gasteiger partial charge < -0.3 is 24.8 Å². The van der Waals surface area contributed by atoms with Crippen molar-refractivity contribution in [1.82, 2.24) is 19.5 Å². The highest BCUT2D eigenvalue weighted by molar-refractivity contribution is 7.89. The normalized spacial score (nSPS) is 18.3. The first-order valence-corrected chi connectivity index (χ1v) is 14.2. The molecule has 2 N–H and O–H groups in total. The number of carbonyl (C=O) groups is 2. The zero-order chi connectivity index (χ0) is 26.9. The van der Waals surface area contributed by atoms with Crippen LogP contribution in [0.5, 0.6) is 0 Å². The Hall–Kier alpha value is -3.41. The molecule has 2 saturated heterocycles. The minimum Gasteiger partial charge on any atom is -0.378 e. The molecule has 3 heterocycles. The van der Waals surface area contributed by atoms with Crippen molar-refractivity contribution in [1.29, 1.82) is 0 Å². The van der Waals surface area contributed by atoms with Crippen LogP contribution in [0, 0.1) is 0 Å². The van der Waals surface area contributed by atoms with Gasteiger partial charge in [-0.15, -0.1) is 0 Å². The zero-order valence-electron chi connectivity index (χ0n) is 21.6. The number of aromatic amines is 1. The Bertz CT molecular complexity index is 1410. The molecular weight excluding hydrogens is 506 g/mol. The van der Waals surface area contributed by atoms with Gasteiger partial charge in [-0.3, -0.25) is 9.59 Å². The molecule has 1 unspecified atom stereocenters. The summed E-state index contributed by atoms with van der Waals surface area (Å²) in [5.74, 6) is -0.309. The predicted molar refractivity (Wildman–Crippen MR) is 145 cm³/mol. The fraction of sp³-hybridized carbons (Fsp3) is 0.407. The number of rotatable bonds is 7. The maximum atomic E-state index is 13.6. The number of H-pyrrole nitrogens is 1. The molecule has 2 aliphatic heterocycles. The topological polar surface area (TPSA) is 115 Å². The van der Waals surface area contributed by atoms with Crippen LogP contribution >= 0.6 is 0 Å². The molecule has 0 saturated carbocycles. The second-order valence-electron chi connectivity index (χ2n) is 9.84. The van der Waals surface area contributed by atoms with E-state index in [4.69, 9.17) is 4.74 Å². The van der Waals surface area contributed by atoms with E-state index in [2.05, 4.69) is 15.2 Å². The van der Waals surface area contributed by atoms with Crippen molar-refractivity contribution in [2.24, 2.45) is 0 Å². The summed E-state index contributed by atoms with van der Waals surface area (Å²) in [6, 6.07) is 15.0. The van der Waals surface area contributed by atoms with Crippen LogP contribution in [0.4, 0.5) is 5.69 Å². The van der Waals surface area contributed by atoms with Crippen molar-refractivity contribution in [3.63, 3.8) is 0 Å². The molecule has 1 aromatic heterocycles. The second kappa shape index (κ2) is 10.8. The first-order chi connectivity index (χ1) is 18.2. The van der Waals surface area contributed by atoms with E-state index in [1.165, 1.54) is 14.0 Å². The van der Waals surface area contributed by atoms with E-state index < -0.39 is 10.0 Å². The number of morpholine rings is 1. The highest BCUT2D eigenvalue weighted by atomic mass is 32.2. The number of amides is 2. The third-order valence-electron chi connectivity index (χ3n) is 7.15. The monoisotopic (exact) mass is 539 g/mol. The average Bonchev–Trinajstić information content (AvgIpc) is 3.55. The Morgan fingerprint density at radius 3 is 2.61 bits per heavy atom. The van der Waals surface area contributed by atoms with Crippen LogP contribution in [-0.4, -0.2) is 93.4 Å². The highest BCUT2D eigenvalue weighted by Crippen LogP contribution is 2.36. The van der Waals surface area contributed by atoms with Gasteiger partial charge in [-0.25, -0.2) is 8.42 Å². The molecule has 0 bridgehead atoms. The number of likely N-dealkylation sites (N-methyl/N-ethyl adjacent to an activating group) is 1. The Labute approximate surface area is 222 Å². The summed E-state index contributed by atoms with van der Waals surface area (Å²) in [7, 11) is -2.50. The van der Waals surface area contributed by atoms with Crippen molar-refractivity contribution >= 4 is 38.4 Å². The van der Waals surface area contributed by atoms with Gasteiger partial charge in [0, 0.05) is 74.0 Å². The highest BCUT2D eigenvalue weighted by Gasteiger charge is 2.29. The average molecular weight is 540 g/mol. The Morgan fingerprint density at radius 1 is 1.11 bits per heavy atom. The molecule has 11 heteroatoms. The van der Waals surface area contributed by atoms with Crippen LogP contribution in [0.3, 0.4) is 0 Å². The number of hydrogen-bond donors (Lipinski definition) is 2. The number of anilines is 1. The molecule has 202 valence electrons. The minimum atomic E-state index is -3.94. The Balaban J connectivity index is 1.47. The van der Waals surface area contributed by atoms with Crippen LogP contribution in [0.2, 0.25) is 0 Å². The molecule has 2 aromatic carbocycles. The summed E-state index contributed by atoms with van der Waals surface area (Å²) in [4.78, 5) is 31.7. The summed E-state index contributed by atoms with van der Waals surface area (Å²) in [5, 5.41) is 4.00. The third-order valence-corrected chi connectivity index (χ3v) is 8.95. The molecule has 2 amide bonds. The van der Waals surface area contributed by atoms with Crippen molar-refractivity contribution in [2.45, 2.75) is 24.3 Å². The molecule has 3 aromatic rings. The number of carbonyl (C=O) groups excluding carboxylic acids is 2. The van der Waals surface area contributed by atoms with Gasteiger partial charge in [-0.05, 0) is 36.8 Å². The van der Waals surface area contributed by atoms with E-state index in [1.807, 2.05) is 36.4 Å². The van der Waals surface area contributed by atoms with Crippen LogP contribution < -0.4 is 10.2 Å². The molecule has 5 rings (SSSR count). The van der Waals surface area contributed by atoms with Gasteiger partial charge in [-0.1, -0.05) is 18.2 Å². The Morgan fingerprint density at radius 2 is 1.87 bits per heavy atom. The number of nitrogens with one attached hydrogen (secondary N) is 2. The third kappa shape index (κ3) is 5.40. The van der Waals surface area contributed by atoms with Crippen molar-refractivity contribution in [2.75, 3.05) is 57.9 Å². The van der Waals surface area contributed by atoms with Crippen LogP contribution in [-0.2, 0) is 24.3 Å². The zero-order valence-corrected chi connectivity index (χ0v) is 22.5. The van der Waals surface area contributed by atoms with Gasteiger partial charge in [0.25, 0.3) is 0 Å². The summed E-state index contributed by atoms with van der Waals surface area (Å²) in [5.41, 5.74) is 3.38. The van der Waals surface area contributed by atoms with Gasteiger partial charge in [0.05, 0.1) is 24.7 Å². The molecule has 1 atom stereocenters. The number of hydrogen-bond acceptors (Lipinski definition) is 6. The number of benzene rings is 2. The number of ether oxygens (including phenoxy) is 1. The van der Waals surface area contributed by atoms with E-state index in [1.54, 1.807) is 17.0 Å². The second-order valence-corrected chi connectivity index (χ2v) is 11.9. The van der Waals surface area contributed by atoms with Gasteiger partial charge in [-0.2, -0.15) is 4.31 Å². The molecule has 2 aliphatic rings. The fourth-order valence-electron chi connectivity index (χ4n) is 5.14. The van der Waals surface area contributed by atoms with Gasteiger partial charge >= 0.3 is 0 Å². The summed E-state index contributed by atoms with van der Waals surface area (Å²) >= 11 is 0. The lowest BCUT2D eigenvalue weighted by Crippen LogP contribution is -2.46. The fourth-order valence-corrected chi connectivity index (χ4v) is 6.29. The quantitative estimate of drug-likeness (QED) is 0.475. The standard InChI is InChI=1S/C27H33N5O5S/c1-19(33)28-21-9-10-32(17-21)26-8-7-22(16-23(26)25-15-20-5-3-4-6-24(20)29-25)38(35,36)30(2)18-27(34)31-11-13-37-14-12-31/h3-8,15-16,21,29H,9-14,17-18H2,1-2H3,(H,28,33). The molecule has 0 radical (unpaired) electrons. The molecule has 0 spiro atoms. The molecule has 38 heavy (non-hydrogen) atoms. The number of sulfonamides is 1. The van der Waals surface area contributed by atoms with Crippen molar-refractivity contribution in [3.05, 3.63) is 48.5 Å².